The van der Waals surface area contributed by atoms with Crippen molar-refractivity contribution in [3.8, 4) is 0 Å². The van der Waals surface area contributed by atoms with E-state index in [1.54, 1.807) is 0 Å². The first kappa shape index (κ1) is 15.3. The molecule has 1 aliphatic rings. The quantitative estimate of drug-likeness (QED) is 0.642. The van der Waals surface area contributed by atoms with E-state index >= 15 is 0 Å². The normalized spacial score (nSPS) is 32.5. The summed E-state index contributed by atoms with van der Waals surface area (Å²) in [5.41, 5.74) is 0.357. The van der Waals surface area contributed by atoms with Gasteiger partial charge in [-0.1, -0.05) is 13.8 Å². The summed E-state index contributed by atoms with van der Waals surface area (Å²) >= 11 is 1.94. The van der Waals surface area contributed by atoms with Gasteiger partial charge in [0.2, 0.25) is 0 Å². The Kier molecular flexibility index (Phi) is 6.90. The largest absolute Gasteiger partial charge is 0.378 e. The van der Waals surface area contributed by atoms with E-state index in [0.29, 0.717) is 17.6 Å². The zero-order valence-corrected chi connectivity index (χ0v) is 12.7. The molecule has 3 atom stereocenters. The van der Waals surface area contributed by atoms with Crippen LogP contribution in [-0.4, -0.2) is 37.3 Å². The molecule has 0 aliphatic heterocycles. The molecule has 0 spiro atoms. The van der Waals surface area contributed by atoms with Gasteiger partial charge in [-0.2, -0.15) is 11.8 Å². The lowest BCUT2D eigenvalue weighted by atomic mass is 9.61. The van der Waals surface area contributed by atoms with Crippen LogP contribution in [0.15, 0.2) is 0 Å². The maximum atomic E-state index is 5.82. The first-order chi connectivity index (χ1) is 8.19. The molecule has 0 heterocycles. The molecule has 0 radical (unpaired) electrons. The van der Waals surface area contributed by atoms with Crippen molar-refractivity contribution in [2.75, 3.05) is 25.2 Å². The summed E-state index contributed by atoms with van der Waals surface area (Å²) in [4.78, 5) is 0. The van der Waals surface area contributed by atoms with Gasteiger partial charge in [-0.15, -0.1) is 0 Å². The molecule has 3 heteroatoms. The summed E-state index contributed by atoms with van der Waals surface area (Å²) in [6, 6.07) is 0.665. The highest BCUT2D eigenvalue weighted by atomic mass is 32.2. The number of thioether (sulfide) groups is 1. The third-order valence-electron chi connectivity index (χ3n) is 4.28. The van der Waals surface area contributed by atoms with Gasteiger partial charge in [0.1, 0.15) is 0 Å². The summed E-state index contributed by atoms with van der Waals surface area (Å²) < 4.78 is 5.82. The summed E-state index contributed by atoms with van der Waals surface area (Å²) in [6.07, 6.45) is 7.69. The fraction of sp³-hybridized carbons (Fsp3) is 1.00. The molecule has 1 rings (SSSR count). The maximum Gasteiger partial charge on any atom is 0.0658 e. The van der Waals surface area contributed by atoms with Crippen LogP contribution in [0.3, 0.4) is 0 Å². The zero-order chi connectivity index (χ0) is 12.7. The van der Waals surface area contributed by atoms with Gasteiger partial charge >= 0.3 is 0 Å². The minimum Gasteiger partial charge on any atom is -0.378 e. The number of hydrogen-bond donors (Lipinski definition) is 1. The van der Waals surface area contributed by atoms with E-state index < -0.39 is 0 Å². The van der Waals surface area contributed by atoms with Crippen molar-refractivity contribution in [2.45, 2.75) is 58.6 Å². The molecule has 0 bridgehead atoms. The summed E-state index contributed by atoms with van der Waals surface area (Å²) in [5, 5.41) is 3.72. The Bertz CT molecular complexity index is 212. The molecular weight excluding hydrogens is 230 g/mol. The summed E-state index contributed by atoms with van der Waals surface area (Å²) in [5.74, 6) is 1.29. The second kappa shape index (κ2) is 7.65. The average Bonchev–Trinajstić information content (AvgIpc) is 2.35. The van der Waals surface area contributed by atoms with E-state index in [1.807, 2.05) is 11.8 Å². The van der Waals surface area contributed by atoms with E-state index in [-0.39, 0.29) is 0 Å². The molecule has 1 aliphatic carbocycles. The third kappa shape index (κ3) is 3.87. The Labute approximate surface area is 111 Å². The Morgan fingerprint density at radius 2 is 2.12 bits per heavy atom. The SMILES string of the molecule is CCOC1CC(NCCCCSC)C1(C)CC. The molecule has 0 aromatic rings. The average molecular weight is 259 g/mol. The molecule has 102 valence electrons. The molecule has 0 aromatic heterocycles. The molecule has 17 heavy (non-hydrogen) atoms. The van der Waals surface area contributed by atoms with Crippen LogP contribution in [0.25, 0.3) is 0 Å². The fourth-order valence-corrected chi connectivity index (χ4v) is 3.21. The standard InChI is InChI=1S/C14H29NOS/c1-5-14(3)12(11-13(14)16-6-2)15-9-7-8-10-17-4/h12-13,15H,5-11H2,1-4H3. The monoisotopic (exact) mass is 259 g/mol. The Morgan fingerprint density at radius 3 is 2.71 bits per heavy atom. The molecule has 0 saturated heterocycles. The highest BCUT2D eigenvalue weighted by Gasteiger charge is 2.50. The summed E-state index contributed by atoms with van der Waals surface area (Å²) in [6.45, 7) is 8.77. The molecular formula is C14H29NOS. The highest BCUT2D eigenvalue weighted by Crippen LogP contribution is 2.45. The van der Waals surface area contributed by atoms with Gasteiger partial charge in [-0.3, -0.25) is 0 Å². The van der Waals surface area contributed by atoms with Gasteiger partial charge < -0.3 is 10.1 Å². The predicted molar refractivity (Wildman–Crippen MR) is 77.8 cm³/mol. The molecule has 0 aromatic carbocycles. The number of rotatable bonds is 9. The van der Waals surface area contributed by atoms with Gasteiger partial charge in [-0.25, -0.2) is 0 Å². The van der Waals surface area contributed by atoms with E-state index in [1.165, 1.54) is 38.0 Å². The van der Waals surface area contributed by atoms with Gasteiger partial charge in [0, 0.05) is 18.1 Å². The van der Waals surface area contributed by atoms with Crippen LogP contribution < -0.4 is 5.32 Å². The van der Waals surface area contributed by atoms with Crippen LogP contribution in [0, 0.1) is 5.41 Å². The number of nitrogens with one attached hydrogen (secondary N) is 1. The zero-order valence-electron chi connectivity index (χ0n) is 11.9. The van der Waals surface area contributed by atoms with Crippen molar-refractivity contribution in [1.82, 2.24) is 5.32 Å². The van der Waals surface area contributed by atoms with Gasteiger partial charge in [0.25, 0.3) is 0 Å². The van der Waals surface area contributed by atoms with E-state index in [2.05, 4.69) is 32.3 Å². The molecule has 2 nitrogen and oxygen atoms in total. The Morgan fingerprint density at radius 1 is 1.35 bits per heavy atom. The summed E-state index contributed by atoms with van der Waals surface area (Å²) in [7, 11) is 0. The van der Waals surface area contributed by atoms with Crippen molar-refractivity contribution in [1.29, 1.82) is 0 Å². The van der Waals surface area contributed by atoms with Crippen molar-refractivity contribution in [2.24, 2.45) is 5.41 Å². The third-order valence-corrected chi connectivity index (χ3v) is 4.97. The lowest BCUT2D eigenvalue weighted by molar-refractivity contribution is -0.125. The van der Waals surface area contributed by atoms with Gasteiger partial charge in [0.05, 0.1) is 6.10 Å². The topological polar surface area (TPSA) is 21.3 Å². The molecule has 0 amide bonds. The molecule has 3 unspecified atom stereocenters. The van der Waals surface area contributed by atoms with Crippen molar-refractivity contribution < 1.29 is 4.74 Å². The van der Waals surface area contributed by atoms with E-state index in [4.69, 9.17) is 4.74 Å². The predicted octanol–water partition coefficient (Wildman–Crippen LogP) is 3.31. The number of ether oxygens (including phenoxy) is 1. The highest BCUT2D eigenvalue weighted by molar-refractivity contribution is 7.98. The lowest BCUT2D eigenvalue weighted by Gasteiger charge is -2.53. The van der Waals surface area contributed by atoms with Crippen LogP contribution in [0.5, 0.6) is 0 Å². The molecule has 1 N–H and O–H groups in total. The minimum absolute atomic E-state index is 0.357. The lowest BCUT2D eigenvalue weighted by Crippen LogP contribution is -2.62. The smallest absolute Gasteiger partial charge is 0.0658 e. The van der Waals surface area contributed by atoms with Crippen LogP contribution in [0.2, 0.25) is 0 Å². The van der Waals surface area contributed by atoms with Gasteiger partial charge in [-0.05, 0) is 51.2 Å². The van der Waals surface area contributed by atoms with Crippen LogP contribution in [0.4, 0.5) is 0 Å². The minimum atomic E-state index is 0.357. The number of unbranched alkanes of at least 4 members (excludes halogenated alkanes) is 1. The first-order valence-corrected chi connectivity index (χ1v) is 8.42. The van der Waals surface area contributed by atoms with Crippen molar-refractivity contribution in [3.05, 3.63) is 0 Å². The molecule has 1 fully saturated rings. The van der Waals surface area contributed by atoms with Crippen LogP contribution >= 0.6 is 11.8 Å². The fourth-order valence-electron chi connectivity index (χ4n) is 2.71. The first-order valence-electron chi connectivity index (χ1n) is 7.03. The molecule has 1 saturated carbocycles. The number of hydrogen-bond acceptors (Lipinski definition) is 3. The van der Waals surface area contributed by atoms with E-state index in [0.717, 1.165) is 6.61 Å². The van der Waals surface area contributed by atoms with Gasteiger partial charge in [0.15, 0.2) is 0 Å². The second-order valence-corrected chi connectivity index (χ2v) is 6.23. The van der Waals surface area contributed by atoms with Crippen molar-refractivity contribution in [3.63, 3.8) is 0 Å². The van der Waals surface area contributed by atoms with Crippen LogP contribution in [0.1, 0.15) is 46.5 Å². The van der Waals surface area contributed by atoms with Crippen molar-refractivity contribution >= 4 is 11.8 Å². The Hall–Kier alpha value is 0.270. The van der Waals surface area contributed by atoms with E-state index in [9.17, 15) is 0 Å². The Balaban J connectivity index is 2.21. The maximum absolute atomic E-state index is 5.82. The second-order valence-electron chi connectivity index (χ2n) is 5.25. The van der Waals surface area contributed by atoms with Crippen LogP contribution in [-0.2, 0) is 4.74 Å².